The van der Waals surface area contributed by atoms with Gasteiger partial charge in [0.2, 0.25) is 5.28 Å². The fraction of sp³-hybridized carbons (Fsp3) is 0.600. The van der Waals surface area contributed by atoms with Gasteiger partial charge in [0.15, 0.2) is 0 Å². The molecule has 1 aliphatic heterocycles. The second-order valence-electron chi connectivity index (χ2n) is 2.12. The highest BCUT2D eigenvalue weighted by atomic mass is 35.5. The number of halogens is 1. The van der Waals surface area contributed by atoms with Gasteiger partial charge in [-0.15, -0.1) is 5.10 Å². The summed E-state index contributed by atoms with van der Waals surface area (Å²) in [4.78, 5) is 4.01. The second kappa shape index (κ2) is 1.70. The van der Waals surface area contributed by atoms with Gasteiger partial charge in [0.05, 0.1) is 0 Å². The molecule has 0 radical (unpaired) electrons. The van der Waals surface area contributed by atoms with Crippen LogP contribution in [0.3, 0.4) is 0 Å². The number of hydrogen-bond acceptors (Lipinski definition) is 2. The van der Waals surface area contributed by atoms with Crippen molar-refractivity contribution in [3.63, 3.8) is 0 Å². The molecule has 0 amide bonds. The number of aromatic nitrogens is 3. The minimum Gasteiger partial charge on any atom is -0.249 e. The van der Waals surface area contributed by atoms with Crippen LogP contribution in [0, 0.1) is 0 Å². The average Bonchev–Trinajstić information content (AvgIpc) is 2.22. The van der Waals surface area contributed by atoms with E-state index in [1.807, 2.05) is 4.68 Å². The standard InChI is InChI=1S/C5H6ClN3/c6-5-7-4-2-1-3-9(4)8-5/h1-3H2. The van der Waals surface area contributed by atoms with Gasteiger partial charge in [0.1, 0.15) is 5.82 Å². The molecule has 0 saturated carbocycles. The second-order valence-corrected chi connectivity index (χ2v) is 2.46. The molecule has 3 nitrogen and oxygen atoms in total. The minimum atomic E-state index is 0.379. The van der Waals surface area contributed by atoms with Crippen LogP contribution in [-0.4, -0.2) is 14.8 Å². The van der Waals surface area contributed by atoms with E-state index >= 15 is 0 Å². The van der Waals surface area contributed by atoms with Gasteiger partial charge >= 0.3 is 0 Å². The Kier molecular flexibility index (Phi) is 0.990. The highest BCUT2D eigenvalue weighted by Crippen LogP contribution is 2.12. The van der Waals surface area contributed by atoms with E-state index in [-0.39, 0.29) is 0 Å². The van der Waals surface area contributed by atoms with Crippen LogP contribution < -0.4 is 0 Å². The van der Waals surface area contributed by atoms with Crippen molar-refractivity contribution in [3.8, 4) is 0 Å². The van der Waals surface area contributed by atoms with Crippen molar-refractivity contribution in [2.45, 2.75) is 19.4 Å². The van der Waals surface area contributed by atoms with Crippen molar-refractivity contribution in [2.75, 3.05) is 0 Å². The summed E-state index contributed by atoms with van der Waals surface area (Å²) in [5.41, 5.74) is 0. The first kappa shape index (κ1) is 5.23. The quantitative estimate of drug-likeness (QED) is 0.540. The van der Waals surface area contributed by atoms with Crippen LogP contribution in [-0.2, 0) is 13.0 Å². The topological polar surface area (TPSA) is 30.7 Å². The Morgan fingerprint density at radius 1 is 1.56 bits per heavy atom. The molecule has 2 rings (SSSR count). The molecule has 0 fully saturated rings. The number of fused-ring (bicyclic) bond motifs is 1. The van der Waals surface area contributed by atoms with Crippen molar-refractivity contribution in [1.29, 1.82) is 0 Å². The van der Waals surface area contributed by atoms with E-state index in [4.69, 9.17) is 11.6 Å². The lowest BCUT2D eigenvalue weighted by Gasteiger charge is -1.85. The summed E-state index contributed by atoms with van der Waals surface area (Å²) in [6, 6.07) is 0. The lowest BCUT2D eigenvalue weighted by atomic mass is 10.4. The highest BCUT2D eigenvalue weighted by molar-refractivity contribution is 6.28. The van der Waals surface area contributed by atoms with Crippen LogP contribution in [0.1, 0.15) is 12.2 Å². The molecule has 48 valence electrons. The molecule has 0 unspecified atom stereocenters. The summed E-state index contributed by atoms with van der Waals surface area (Å²) < 4.78 is 1.86. The molecule has 9 heavy (non-hydrogen) atoms. The maximum absolute atomic E-state index is 5.54. The summed E-state index contributed by atoms with van der Waals surface area (Å²) in [7, 11) is 0. The van der Waals surface area contributed by atoms with Crippen molar-refractivity contribution in [2.24, 2.45) is 0 Å². The van der Waals surface area contributed by atoms with Gasteiger partial charge in [-0.1, -0.05) is 0 Å². The van der Waals surface area contributed by atoms with Crippen LogP contribution >= 0.6 is 11.6 Å². The van der Waals surface area contributed by atoms with Crippen molar-refractivity contribution in [1.82, 2.24) is 14.8 Å². The summed E-state index contributed by atoms with van der Waals surface area (Å²) >= 11 is 5.54. The molecular formula is C5H6ClN3. The molecule has 0 atom stereocenters. The largest absolute Gasteiger partial charge is 0.249 e. The lowest BCUT2D eigenvalue weighted by molar-refractivity contribution is 0.657. The normalized spacial score (nSPS) is 16.1. The zero-order chi connectivity index (χ0) is 6.27. The van der Waals surface area contributed by atoms with E-state index in [1.54, 1.807) is 0 Å². The first-order valence-corrected chi connectivity index (χ1v) is 3.33. The predicted octanol–water partition coefficient (Wildman–Crippen LogP) is 0.878. The van der Waals surface area contributed by atoms with Crippen molar-refractivity contribution >= 4 is 11.6 Å². The molecule has 2 heterocycles. The molecule has 1 aromatic rings. The Labute approximate surface area is 57.7 Å². The monoisotopic (exact) mass is 143 g/mol. The first-order valence-electron chi connectivity index (χ1n) is 2.95. The van der Waals surface area contributed by atoms with Gasteiger partial charge in [-0.05, 0) is 18.0 Å². The Hall–Kier alpha value is -0.570. The first-order chi connectivity index (χ1) is 4.36. The summed E-state index contributed by atoms with van der Waals surface area (Å²) in [6.07, 6.45) is 2.19. The van der Waals surface area contributed by atoms with Gasteiger partial charge in [0, 0.05) is 13.0 Å². The third-order valence-corrected chi connectivity index (χ3v) is 1.65. The molecule has 0 aromatic carbocycles. The fourth-order valence-electron chi connectivity index (χ4n) is 1.09. The Morgan fingerprint density at radius 3 is 3.22 bits per heavy atom. The SMILES string of the molecule is Clc1nc2n(n1)CCC2. The van der Waals surface area contributed by atoms with Gasteiger partial charge in [0.25, 0.3) is 0 Å². The Balaban J connectivity index is 2.51. The highest BCUT2D eigenvalue weighted by Gasteiger charge is 2.13. The van der Waals surface area contributed by atoms with Crippen molar-refractivity contribution < 1.29 is 0 Å². The van der Waals surface area contributed by atoms with Crippen LogP contribution in [0.4, 0.5) is 0 Å². The van der Waals surface area contributed by atoms with Gasteiger partial charge < -0.3 is 0 Å². The number of aryl methyl sites for hydroxylation is 2. The van der Waals surface area contributed by atoms with Gasteiger partial charge in [-0.3, -0.25) is 0 Å². The summed E-state index contributed by atoms with van der Waals surface area (Å²) in [5, 5.41) is 4.34. The molecule has 4 heteroatoms. The average molecular weight is 144 g/mol. The zero-order valence-corrected chi connectivity index (χ0v) is 5.60. The number of rotatable bonds is 0. The van der Waals surface area contributed by atoms with E-state index < -0.39 is 0 Å². The Morgan fingerprint density at radius 2 is 2.44 bits per heavy atom. The molecule has 0 aliphatic carbocycles. The van der Waals surface area contributed by atoms with E-state index in [0.29, 0.717) is 5.28 Å². The van der Waals surface area contributed by atoms with Gasteiger partial charge in [-0.25, -0.2) is 9.67 Å². The molecule has 1 aliphatic rings. The molecule has 0 spiro atoms. The fourth-order valence-corrected chi connectivity index (χ4v) is 1.28. The summed E-state index contributed by atoms with van der Waals surface area (Å²) in [5.74, 6) is 1.03. The van der Waals surface area contributed by atoms with E-state index in [2.05, 4.69) is 10.1 Å². The van der Waals surface area contributed by atoms with E-state index in [9.17, 15) is 0 Å². The maximum atomic E-state index is 5.54. The molecule has 1 aromatic heterocycles. The zero-order valence-electron chi connectivity index (χ0n) is 4.84. The minimum absolute atomic E-state index is 0.379. The molecule has 0 N–H and O–H groups in total. The smallest absolute Gasteiger partial charge is 0.242 e. The third-order valence-electron chi connectivity index (χ3n) is 1.49. The Bertz CT molecular complexity index is 209. The summed E-state index contributed by atoms with van der Waals surface area (Å²) in [6.45, 7) is 0.981. The molecule has 0 saturated heterocycles. The molecule has 0 bridgehead atoms. The van der Waals surface area contributed by atoms with Gasteiger partial charge in [-0.2, -0.15) is 0 Å². The third kappa shape index (κ3) is 0.721. The van der Waals surface area contributed by atoms with Crippen molar-refractivity contribution in [3.05, 3.63) is 11.1 Å². The lowest BCUT2D eigenvalue weighted by Crippen LogP contribution is -1.93. The van der Waals surface area contributed by atoms with Crippen LogP contribution in [0.2, 0.25) is 5.28 Å². The molecular weight excluding hydrogens is 138 g/mol. The predicted molar refractivity (Wildman–Crippen MR) is 33.4 cm³/mol. The van der Waals surface area contributed by atoms with E-state index in [0.717, 1.165) is 25.2 Å². The van der Waals surface area contributed by atoms with E-state index in [1.165, 1.54) is 0 Å². The van der Waals surface area contributed by atoms with Crippen LogP contribution in [0.15, 0.2) is 0 Å². The van der Waals surface area contributed by atoms with Crippen LogP contribution in [0.25, 0.3) is 0 Å². The number of nitrogens with zero attached hydrogens (tertiary/aromatic N) is 3. The van der Waals surface area contributed by atoms with Crippen LogP contribution in [0.5, 0.6) is 0 Å². The number of hydrogen-bond donors (Lipinski definition) is 0. The maximum Gasteiger partial charge on any atom is 0.242 e.